The quantitative estimate of drug-likeness (QED) is 0.820. The van der Waals surface area contributed by atoms with Crippen LogP contribution < -0.4 is 0 Å². The van der Waals surface area contributed by atoms with Crippen molar-refractivity contribution < 1.29 is 0 Å². The highest BCUT2D eigenvalue weighted by molar-refractivity contribution is 7.15. The van der Waals surface area contributed by atoms with Gasteiger partial charge in [0.15, 0.2) is 0 Å². The first-order chi connectivity index (χ1) is 7.25. The van der Waals surface area contributed by atoms with E-state index >= 15 is 0 Å². The first-order valence-corrected chi connectivity index (χ1v) is 6.63. The van der Waals surface area contributed by atoms with E-state index in [2.05, 4.69) is 22.1 Å². The molecule has 0 saturated heterocycles. The third-order valence-corrected chi connectivity index (χ3v) is 4.03. The summed E-state index contributed by atoms with van der Waals surface area (Å²) in [6.07, 6.45) is 6.78. The second kappa shape index (κ2) is 5.23. The third kappa shape index (κ3) is 3.13. The molecule has 15 heavy (non-hydrogen) atoms. The van der Waals surface area contributed by atoms with E-state index in [1.54, 1.807) is 0 Å². The van der Waals surface area contributed by atoms with E-state index in [1.165, 1.54) is 43.4 Å². The number of rotatable bonds is 3. The molecule has 0 radical (unpaired) electrons. The van der Waals surface area contributed by atoms with Crippen LogP contribution in [-0.2, 0) is 6.54 Å². The Labute approximate surface area is 99.5 Å². The Bertz CT molecular complexity index is 309. The first-order valence-electron chi connectivity index (χ1n) is 5.44. The van der Waals surface area contributed by atoms with Crippen LogP contribution in [0.1, 0.15) is 37.1 Å². The van der Waals surface area contributed by atoms with Gasteiger partial charge in [0.05, 0.1) is 6.54 Å². The Kier molecular flexibility index (Phi) is 3.94. The number of aromatic nitrogens is 2. The topological polar surface area (TPSA) is 29.0 Å². The molecular weight excluding hydrogens is 230 g/mol. The van der Waals surface area contributed by atoms with Crippen LogP contribution in [0.5, 0.6) is 0 Å². The molecule has 0 unspecified atom stereocenters. The van der Waals surface area contributed by atoms with Crippen LogP contribution in [-0.4, -0.2) is 28.2 Å². The van der Waals surface area contributed by atoms with E-state index < -0.39 is 0 Å². The molecule has 0 aromatic carbocycles. The predicted molar refractivity (Wildman–Crippen MR) is 63.3 cm³/mol. The number of nitrogens with zero attached hydrogens (tertiary/aromatic N) is 3. The number of hydrogen-bond acceptors (Lipinski definition) is 4. The van der Waals surface area contributed by atoms with Crippen LogP contribution in [0.3, 0.4) is 0 Å². The van der Waals surface area contributed by atoms with Crippen molar-refractivity contribution in [2.75, 3.05) is 7.05 Å². The summed E-state index contributed by atoms with van der Waals surface area (Å²) < 4.78 is 0.544. The maximum Gasteiger partial charge on any atom is 0.207 e. The van der Waals surface area contributed by atoms with E-state index in [9.17, 15) is 0 Å². The second-order valence-corrected chi connectivity index (χ2v) is 5.80. The van der Waals surface area contributed by atoms with Crippen molar-refractivity contribution in [3.05, 3.63) is 9.47 Å². The van der Waals surface area contributed by atoms with Gasteiger partial charge in [-0.1, -0.05) is 30.6 Å². The van der Waals surface area contributed by atoms with Gasteiger partial charge in [-0.15, -0.1) is 10.2 Å². The lowest BCUT2D eigenvalue weighted by molar-refractivity contribution is 0.184. The molecule has 1 aliphatic rings. The van der Waals surface area contributed by atoms with E-state index in [0.717, 1.165) is 17.6 Å². The van der Waals surface area contributed by atoms with E-state index in [-0.39, 0.29) is 0 Å². The summed E-state index contributed by atoms with van der Waals surface area (Å²) in [5, 5.41) is 8.89. The standard InChI is InChI=1S/C10H16ClN3S/c1-14(8-5-3-2-4-6-8)7-9-12-13-10(11)15-9/h8H,2-7H2,1H3. The van der Waals surface area contributed by atoms with E-state index in [4.69, 9.17) is 11.6 Å². The summed E-state index contributed by atoms with van der Waals surface area (Å²) in [5.74, 6) is 0. The summed E-state index contributed by atoms with van der Waals surface area (Å²) in [6, 6.07) is 0.724. The highest BCUT2D eigenvalue weighted by Crippen LogP contribution is 2.24. The Balaban J connectivity index is 1.88. The molecule has 0 N–H and O–H groups in total. The van der Waals surface area contributed by atoms with Gasteiger partial charge in [0, 0.05) is 6.04 Å². The fourth-order valence-corrected chi connectivity index (χ4v) is 3.09. The average molecular weight is 246 g/mol. The molecule has 1 saturated carbocycles. The second-order valence-electron chi connectivity index (χ2n) is 4.16. The van der Waals surface area contributed by atoms with Crippen molar-refractivity contribution in [3.63, 3.8) is 0 Å². The summed E-state index contributed by atoms with van der Waals surface area (Å²) in [4.78, 5) is 2.38. The minimum atomic E-state index is 0.544. The SMILES string of the molecule is CN(Cc1nnc(Cl)s1)C1CCCCC1. The lowest BCUT2D eigenvalue weighted by atomic mass is 9.94. The molecule has 1 aromatic heterocycles. The van der Waals surface area contributed by atoms with Gasteiger partial charge in [-0.25, -0.2) is 0 Å². The van der Waals surface area contributed by atoms with Gasteiger partial charge in [0.1, 0.15) is 5.01 Å². The van der Waals surface area contributed by atoms with Crippen LogP contribution in [0.15, 0.2) is 0 Å². The zero-order valence-electron chi connectivity index (χ0n) is 8.95. The van der Waals surface area contributed by atoms with Gasteiger partial charge in [-0.3, -0.25) is 4.90 Å². The van der Waals surface area contributed by atoms with E-state index in [0.29, 0.717) is 4.47 Å². The van der Waals surface area contributed by atoms with Gasteiger partial charge in [-0.05, 0) is 31.5 Å². The lowest BCUT2D eigenvalue weighted by Crippen LogP contribution is -2.32. The zero-order valence-corrected chi connectivity index (χ0v) is 10.5. The predicted octanol–water partition coefficient (Wildman–Crippen LogP) is 2.96. The molecular formula is C10H16ClN3S. The fourth-order valence-electron chi connectivity index (χ4n) is 2.16. The van der Waals surface area contributed by atoms with Crippen LogP contribution in [0.25, 0.3) is 0 Å². The lowest BCUT2D eigenvalue weighted by Gasteiger charge is -2.30. The monoisotopic (exact) mass is 245 g/mol. The van der Waals surface area contributed by atoms with Gasteiger partial charge >= 0.3 is 0 Å². The summed E-state index contributed by atoms with van der Waals surface area (Å²) in [6.45, 7) is 0.884. The molecule has 1 aliphatic carbocycles. The number of hydrogen-bond donors (Lipinski definition) is 0. The minimum absolute atomic E-state index is 0.544. The Morgan fingerprint density at radius 3 is 2.67 bits per heavy atom. The normalized spacial score (nSPS) is 18.6. The zero-order chi connectivity index (χ0) is 10.7. The number of halogens is 1. The van der Waals surface area contributed by atoms with Crippen molar-refractivity contribution in [1.29, 1.82) is 0 Å². The average Bonchev–Trinajstić information content (AvgIpc) is 2.65. The highest BCUT2D eigenvalue weighted by Gasteiger charge is 2.18. The molecule has 1 heterocycles. The van der Waals surface area contributed by atoms with Gasteiger partial charge < -0.3 is 0 Å². The van der Waals surface area contributed by atoms with Crippen molar-refractivity contribution in [1.82, 2.24) is 15.1 Å². The van der Waals surface area contributed by atoms with Gasteiger partial charge in [0.25, 0.3) is 0 Å². The molecule has 0 bridgehead atoms. The fraction of sp³-hybridized carbons (Fsp3) is 0.800. The maximum atomic E-state index is 5.76. The molecule has 0 aliphatic heterocycles. The van der Waals surface area contributed by atoms with Gasteiger partial charge in [0.2, 0.25) is 4.47 Å². The summed E-state index contributed by atoms with van der Waals surface area (Å²) in [7, 11) is 2.17. The molecule has 0 spiro atoms. The van der Waals surface area contributed by atoms with Crippen LogP contribution in [0.2, 0.25) is 4.47 Å². The Morgan fingerprint density at radius 2 is 2.07 bits per heavy atom. The largest absolute Gasteiger partial charge is 0.297 e. The summed E-state index contributed by atoms with van der Waals surface area (Å²) in [5.41, 5.74) is 0. The van der Waals surface area contributed by atoms with Crippen LogP contribution >= 0.6 is 22.9 Å². The van der Waals surface area contributed by atoms with Crippen molar-refractivity contribution in [2.24, 2.45) is 0 Å². The maximum absolute atomic E-state index is 5.76. The van der Waals surface area contributed by atoms with E-state index in [1.807, 2.05) is 0 Å². The van der Waals surface area contributed by atoms with Crippen LogP contribution in [0, 0.1) is 0 Å². The molecule has 1 aromatic rings. The van der Waals surface area contributed by atoms with Crippen LogP contribution in [0.4, 0.5) is 0 Å². The Morgan fingerprint density at radius 1 is 1.33 bits per heavy atom. The Hall–Kier alpha value is -0.190. The molecule has 84 valence electrons. The molecule has 0 amide bonds. The highest BCUT2D eigenvalue weighted by atomic mass is 35.5. The molecule has 2 rings (SSSR count). The van der Waals surface area contributed by atoms with Crippen molar-refractivity contribution in [2.45, 2.75) is 44.7 Å². The van der Waals surface area contributed by atoms with Crippen molar-refractivity contribution >= 4 is 22.9 Å². The first kappa shape index (κ1) is 11.3. The molecule has 3 nitrogen and oxygen atoms in total. The molecule has 1 fully saturated rings. The van der Waals surface area contributed by atoms with Gasteiger partial charge in [-0.2, -0.15) is 0 Å². The molecule has 5 heteroatoms. The third-order valence-electron chi connectivity index (χ3n) is 3.02. The smallest absolute Gasteiger partial charge is 0.207 e. The summed E-state index contributed by atoms with van der Waals surface area (Å²) >= 11 is 7.24. The minimum Gasteiger partial charge on any atom is -0.297 e. The van der Waals surface area contributed by atoms with Crippen molar-refractivity contribution in [3.8, 4) is 0 Å². The molecule has 0 atom stereocenters.